The van der Waals surface area contributed by atoms with Crippen LogP contribution in [-0.4, -0.2) is 17.1 Å². The fourth-order valence-corrected chi connectivity index (χ4v) is 1.09. The van der Waals surface area contributed by atoms with Gasteiger partial charge in [-0.15, -0.1) is 11.8 Å². The summed E-state index contributed by atoms with van der Waals surface area (Å²) >= 11 is 12.2. The van der Waals surface area contributed by atoms with E-state index in [1.54, 1.807) is 12.1 Å². The van der Waals surface area contributed by atoms with Gasteiger partial charge in [0.2, 0.25) is 0 Å². The first-order valence-corrected chi connectivity index (χ1v) is 5.68. The lowest BCUT2D eigenvalue weighted by atomic mass is 10.3. The van der Waals surface area contributed by atoms with Crippen LogP contribution in [0.1, 0.15) is 0 Å². The molecule has 0 amide bonds. The van der Waals surface area contributed by atoms with Gasteiger partial charge in [0.25, 0.3) is 0 Å². The van der Waals surface area contributed by atoms with Crippen molar-refractivity contribution in [2.24, 2.45) is 0 Å². The zero-order valence-corrected chi connectivity index (χ0v) is 9.51. The van der Waals surface area contributed by atoms with Crippen molar-refractivity contribution in [3.63, 3.8) is 0 Å². The van der Waals surface area contributed by atoms with E-state index in [0.717, 1.165) is 9.95 Å². The zero-order valence-electron chi connectivity index (χ0n) is 7.12. The maximum atomic E-state index is 5.72. The van der Waals surface area contributed by atoms with Gasteiger partial charge in [-0.25, -0.2) is 0 Å². The SMILES string of the molecule is CSC(=S)COc1ccc(Cl)cc1. The van der Waals surface area contributed by atoms with Gasteiger partial charge in [0, 0.05) is 5.02 Å². The molecule has 1 nitrogen and oxygen atoms in total. The third-order valence-corrected chi connectivity index (χ3v) is 2.84. The van der Waals surface area contributed by atoms with Crippen molar-refractivity contribution in [2.75, 3.05) is 12.9 Å². The predicted octanol–water partition coefficient (Wildman–Crippen LogP) is 3.41. The van der Waals surface area contributed by atoms with E-state index < -0.39 is 0 Å². The van der Waals surface area contributed by atoms with Crippen LogP contribution in [0.5, 0.6) is 5.75 Å². The largest absolute Gasteiger partial charge is 0.487 e. The summed E-state index contributed by atoms with van der Waals surface area (Å²) in [5, 5.41) is 0.708. The van der Waals surface area contributed by atoms with Crippen LogP contribution in [0.3, 0.4) is 0 Å². The van der Waals surface area contributed by atoms with Crippen molar-refractivity contribution in [1.29, 1.82) is 0 Å². The Balaban J connectivity index is 2.46. The molecule has 0 aliphatic rings. The average Bonchev–Trinajstić information content (AvgIpc) is 2.16. The molecule has 1 aromatic rings. The van der Waals surface area contributed by atoms with Crippen LogP contribution in [0, 0.1) is 0 Å². The number of rotatable bonds is 3. The second-order valence-electron chi connectivity index (χ2n) is 2.32. The van der Waals surface area contributed by atoms with E-state index in [1.165, 1.54) is 11.8 Å². The normalized spacial score (nSPS) is 9.69. The van der Waals surface area contributed by atoms with Crippen molar-refractivity contribution in [2.45, 2.75) is 0 Å². The number of hydrogen-bond donors (Lipinski definition) is 0. The Labute approximate surface area is 92.4 Å². The lowest BCUT2D eigenvalue weighted by Crippen LogP contribution is -2.04. The minimum Gasteiger partial charge on any atom is -0.487 e. The van der Waals surface area contributed by atoms with Gasteiger partial charge in [-0.3, -0.25) is 0 Å². The van der Waals surface area contributed by atoms with Crippen LogP contribution in [0.25, 0.3) is 0 Å². The van der Waals surface area contributed by atoms with Gasteiger partial charge in [-0.1, -0.05) is 23.8 Å². The second-order valence-corrected chi connectivity index (χ2v) is 4.41. The lowest BCUT2D eigenvalue weighted by Gasteiger charge is -2.04. The Bertz CT molecular complexity index is 284. The van der Waals surface area contributed by atoms with Gasteiger partial charge in [0.05, 0.1) is 4.20 Å². The summed E-state index contributed by atoms with van der Waals surface area (Å²) in [5.41, 5.74) is 0. The van der Waals surface area contributed by atoms with E-state index in [-0.39, 0.29) is 0 Å². The molecule has 0 N–H and O–H groups in total. The Morgan fingerprint density at radius 2 is 2.08 bits per heavy atom. The van der Waals surface area contributed by atoms with E-state index in [2.05, 4.69) is 0 Å². The first-order valence-electron chi connectivity index (χ1n) is 3.67. The van der Waals surface area contributed by atoms with E-state index in [9.17, 15) is 0 Å². The first kappa shape index (κ1) is 10.8. The van der Waals surface area contributed by atoms with E-state index >= 15 is 0 Å². The molecule has 0 radical (unpaired) electrons. The third-order valence-electron chi connectivity index (χ3n) is 1.40. The Kier molecular flexibility index (Phi) is 4.56. The van der Waals surface area contributed by atoms with Crippen LogP contribution >= 0.6 is 35.6 Å². The fourth-order valence-electron chi connectivity index (χ4n) is 0.732. The maximum Gasteiger partial charge on any atom is 0.129 e. The highest BCUT2D eigenvalue weighted by atomic mass is 35.5. The lowest BCUT2D eigenvalue weighted by molar-refractivity contribution is 0.381. The van der Waals surface area contributed by atoms with Gasteiger partial charge in [0.1, 0.15) is 12.4 Å². The molecule has 1 aromatic carbocycles. The molecular formula is C9H9ClOS2. The summed E-state index contributed by atoms with van der Waals surface area (Å²) < 4.78 is 6.24. The summed E-state index contributed by atoms with van der Waals surface area (Å²) in [5.74, 6) is 0.792. The summed E-state index contributed by atoms with van der Waals surface area (Å²) in [6.07, 6.45) is 1.94. The van der Waals surface area contributed by atoms with Crippen molar-refractivity contribution in [3.8, 4) is 5.75 Å². The highest BCUT2D eigenvalue weighted by molar-refractivity contribution is 8.22. The van der Waals surface area contributed by atoms with E-state index in [4.69, 9.17) is 28.6 Å². The molecule has 4 heteroatoms. The monoisotopic (exact) mass is 232 g/mol. The molecule has 0 aliphatic heterocycles. The predicted molar refractivity (Wildman–Crippen MR) is 63.1 cm³/mol. The molecule has 0 saturated heterocycles. The molecular weight excluding hydrogens is 224 g/mol. The number of halogens is 1. The smallest absolute Gasteiger partial charge is 0.129 e. The second kappa shape index (κ2) is 5.47. The first-order chi connectivity index (χ1) is 6.22. The minimum absolute atomic E-state index is 0.470. The highest BCUT2D eigenvalue weighted by Gasteiger charge is 1.96. The average molecular weight is 233 g/mol. The van der Waals surface area contributed by atoms with Crippen LogP contribution in [0.2, 0.25) is 5.02 Å². The molecule has 0 fully saturated rings. The van der Waals surface area contributed by atoms with Gasteiger partial charge >= 0.3 is 0 Å². The number of benzene rings is 1. The third kappa shape index (κ3) is 3.98. The standard InChI is InChI=1S/C9H9ClOS2/c1-13-9(12)6-11-8-4-2-7(10)3-5-8/h2-5H,6H2,1H3. The fraction of sp³-hybridized carbons (Fsp3) is 0.222. The van der Waals surface area contributed by atoms with Crippen molar-refractivity contribution >= 4 is 39.8 Å². The Hall–Kier alpha value is -0.250. The quantitative estimate of drug-likeness (QED) is 0.740. The molecule has 0 atom stereocenters. The molecule has 70 valence electrons. The summed E-state index contributed by atoms with van der Waals surface area (Å²) in [4.78, 5) is 0. The topological polar surface area (TPSA) is 9.23 Å². The summed E-state index contributed by atoms with van der Waals surface area (Å²) in [6.45, 7) is 0.470. The van der Waals surface area contributed by atoms with E-state index in [0.29, 0.717) is 11.6 Å². The molecule has 0 unspecified atom stereocenters. The van der Waals surface area contributed by atoms with Crippen molar-refractivity contribution in [3.05, 3.63) is 29.3 Å². The molecule has 0 heterocycles. The van der Waals surface area contributed by atoms with Crippen LogP contribution in [0.15, 0.2) is 24.3 Å². The Morgan fingerprint density at radius 3 is 2.62 bits per heavy atom. The summed E-state index contributed by atoms with van der Waals surface area (Å²) in [7, 11) is 0. The zero-order chi connectivity index (χ0) is 9.68. The maximum absolute atomic E-state index is 5.72. The molecule has 0 bridgehead atoms. The molecule has 0 spiro atoms. The number of ether oxygens (including phenoxy) is 1. The molecule has 13 heavy (non-hydrogen) atoms. The number of thioether (sulfide) groups is 1. The highest BCUT2D eigenvalue weighted by Crippen LogP contribution is 2.15. The van der Waals surface area contributed by atoms with Gasteiger partial charge in [-0.05, 0) is 30.5 Å². The van der Waals surface area contributed by atoms with Crippen molar-refractivity contribution < 1.29 is 4.74 Å². The van der Waals surface area contributed by atoms with Crippen LogP contribution in [0.4, 0.5) is 0 Å². The van der Waals surface area contributed by atoms with Gasteiger partial charge in [0.15, 0.2) is 0 Å². The van der Waals surface area contributed by atoms with Crippen LogP contribution < -0.4 is 4.74 Å². The molecule has 0 saturated carbocycles. The van der Waals surface area contributed by atoms with Gasteiger partial charge in [-0.2, -0.15) is 0 Å². The van der Waals surface area contributed by atoms with Gasteiger partial charge < -0.3 is 4.74 Å². The van der Waals surface area contributed by atoms with E-state index in [1.807, 2.05) is 18.4 Å². The minimum atomic E-state index is 0.470. The molecule has 0 aromatic heterocycles. The molecule has 1 rings (SSSR count). The summed E-state index contributed by atoms with van der Waals surface area (Å²) in [6, 6.07) is 7.23. The van der Waals surface area contributed by atoms with Crippen LogP contribution in [-0.2, 0) is 0 Å². The Morgan fingerprint density at radius 1 is 1.46 bits per heavy atom. The molecule has 0 aliphatic carbocycles. The number of thiocarbonyl (C=S) groups is 1. The number of hydrogen-bond acceptors (Lipinski definition) is 3. The van der Waals surface area contributed by atoms with Crippen molar-refractivity contribution in [1.82, 2.24) is 0 Å².